The number of nitrogen functional groups attached to an aromatic ring is 1. The Balaban J connectivity index is 2.05. The molecule has 1 aliphatic heterocycles. The van der Waals surface area contributed by atoms with Crippen molar-refractivity contribution in [3.05, 3.63) is 12.4 Å². The van der Waals surface area contributed by atoms with Crippen LogP contribution in [0.15, 0.2) is 12.4 Å². The van der Waals surface area contributed by atoms with Crippen molar-refractivity contribution in [3.63, 3.8) is 0 Å². The van der Waals surface area contributed by atoms with Gasteiger partial charge in [-0.1, -0.05) is 0 Å². The molecule has 1 amide bonds. The number of piperidine rings is 1. The van der Waals surface area contributed by atoms with Gasteiger partial charge in [0.1, 0.15) is 12.6 Å². The van der Waals surface area contributed by atoms with E-state index < -0.39 is 6.04 Å². The molecule has 2 heterocycles. The number of rotatable bonds is 3. The topological polar surface area (TPSA) is 90.5 Å². The number of hydrogen-bond acceptors (Lipinski definition) is 5. The van der Waals surface area contributed by atoms with E-state index in [0.29, 0.717) is 18.7 Å². The van der Waals surface area contributed by atoms with Gasteiger partial charge in [0.05, 0.1) is 19.0 Å². The second kappa shape index (κ2) is 5.73. The van der Waals surface area contributed by atoms with Crippen LogP contribution in [0.2, 0.25) is 0 Å². The number of nitrogens with two attached hydrogens (primary N) is 1. The van der Waals surface area contributed by atoms with Crippen molar-refractivity contribution >= 4 is 17.6 Å². The van der Waals surface area contributed by atoms with Crippen molar-refractivity contribution in [3.8, 4) is 0 Å². The van der Waals surface area contributed by atoms with Crippen LogP contribution < -0.4 is 5.73 Å². The minimum atomic E-state index is -0.473. The van der Waals surface area contributed by atoms with Crippen LogP contribution in [0, 0.1) is 0 Å². The van der Waals surface area contributed by atoms with E-state index in [1.54, 1.807) is 11.1 Å². The predicted octanol–water partition coefficient (Wildman–Crippen LogP) is 0.0194. The molecule has 1 aliphatic rings. The minimum Gasteiger partial charge on any atom is -0.467 e. The average Bonchev–Trinajstić information content (AvgIpc) is 2.83. The number of likely N-dealkylation sites (tertiary alicyclic amines) is 1. The molecule has 1 fully saturated rings. The van der Waals surface area contributed by atoms with Gasteiger partial charge in [0, 0.05) is 12.7 Å². The Kier molecular flexibility index (Phi) is 4.03. The molecule has 1 aromatic heterocycles. The molecule has 2 rings (SSSR count). The van der Waals surface area contributed by atoms with E-state index in [2.05, 4.69) is 5.10 Å². The highest BCUT2D eigenvalue weighted by Crippen LogP contribution is 2.18. The van der Waals surface area contributed by atoms with Gasteiger partial charge in [-0.2, -0.15) is 5.10 Å². The summed E-state index contributed by atoms with van der Waals surface area (Å²) in [5.41, 5.74) is 6.06. The number of ether oxygens (including phenoxy) is 1. The summed E-state index contributed by atoms with van der Waals surface area (Å²) in [6.45, 7) is 0.667. The van der Waals surface area contributed by atoms with Crippen molar-refractivity contribution in [1.29, 1.82) is 0 Å². The number of esters is 1. The molecule has 0 radical (unpaired) electrons. The number of carbonyl (C=O) groups is 2. The van der Waals surface area contributed by atoms with Crippen molar-refractivity contribution in [2.45, 2.75) is 31.8 Å². The molecule has 104 valence electrons. The summed E-state index contributed by atoms with van der Waals surface area (Å²) in [5.74, 6) is -0.494. The molecule has 0 aromatic carbocycles. The fraction of sp³-hybridized carbons (Fsp3) is 0.583. The van der Waals surface area contributed by atoms with Gasteiger partial charge in [-0.15, -0.1) is 0 Å². The largest absolute Gasteiger partial charge is 0.467 e. The summed E-state index contributed by atoms with van der Waals surface area (Å²) < 4.78 is 6.22. The Hall–Kier alpha value is -2.05. The summed E-state index contributed by atoms with van der Waals surface area (Å²) in [6.07, 6.45) is 5.56. The lowest BCUT2D eigenvalue weighted by molar-refractivity contribution is -0.155. The van der Waals surface area contributed by atoms with E-state index in [1.807, 2.05) is 0 Å². The van der Waals surface area contributed by atoms with Crippen LogP contribution in [0.5, 0.6) is 0 Å². The molecule has 2 N–H and O–H groups in total. The maximum atomic E-state index is 12.2. The van der Waals surface area contributed by atoms with E-state index in [-0.39, 0.29) is 18.4 Å². The predicted molar refractivity (Wildman–Crippen MR) is 68.0 cm³/mol. The lowest BCUT2D eigenvalue weighted by Gasteiger charge is -2.33. The van der Waals surface area contributed by atoms with Crippen LogP contribution in [0.1, 0.15) is 19.3 Å². The number of hydrogen-bond donors (Lipinski definition) is 1. The van der Waals surface area contributed by atoms with Gasteiger partial charge >= 0.3 is 5.97 Å². The summed E-state index contributed by atoms with van der Waals surface area (Å²) in [7, 11) is 1.34. The van der Waals surface area contributed by atoms with E-state index in [0.717, 1.165) is 12.8 Å². The highest BCUT2D eigenvalue weighted by molar-refractivity contribution is 5.84. The first-order chi connectivity index (χ1) is 9.11. The molecule has 0 bridgehead atoms. The van der Waals surface area contributed by atoms with Gasteiger partial charge in [-0.05, 0) is 19.3 Å². The molecular weight excluding hydrogens is 248 g/mol. The van der Waals surface area contributed by atoms with Gasteiger partial charge in [-0.25, -0.2) is 4.79 Å². The Labute approximate surface area is 111 Å². The zero-order valence-electron chi connectivity index (χ0n) is 10.9. The standard InChI is InChI=1S/C12H18N4O3/c1-19-12(18)10-4-2-3-5-16(10)11(17)8-15-7-9(13)6-14-15/h6-7,10H,2-5,8,13H2,1H3. The SMILES string of the molecule is COC(=O)C1CCCCN1C(=O)Cn1cc(N)cn1. The highest BCUT2D eigenvalue weighted by atomic mass is 16.5. The fourth-order valence-corrected chi connectivity index (χ4v) is 2.31. The zero-order valence-corrected chi connectivity index (χ0v) is 10.9. The molecule has 0 aliphatic carbocycles. The first kappa shape index (κ1) is 13.4. The first-order valence-corrected chi connectivity index (χ1v) is 6.27. The Morgan fingerprint density at radius 1 is 1.53 bits per heavy atom. The number of nitrogens with zero attached hydrogens (tertiary/aromatic N) is 3. The van der Waals surface area contributed by atoms with Gasteiger partial charge < -0.3 is 15.4 Å². The number of carbonyl (C=O) groups excluding carboxylic acids is 2. The van der Waals surface area contributed by atoms with E-state index in [1.165, 1.54) is 18.0 Å². The highest BCUT2D eigenvalue weighted by Gasteiger charge is 2.32. The second-order valence-corrected chi connectivity index (χ2v) is 4.59. The molecule has 7 nitrogen and oxygen atoms in total. The quantitative estimate of drug-likeness (QED) is 0.779. The molecule has 1 saturated heterocycles. The number of methoxy groups -OCH3 is 1. The van der Waals surface area contributed by atoms with Gasteiger partial charge in [0.25, 0.3) is 0 Å². The molecule has 1 unspecified atom stereocenters. The minimum absolute atomic E-state index is 0.0880. The van der Waals surface area contributed by atoms with Crippen LogP contribution in [0.4, 0.5) is 5.69 Å². The molecule has 0 saturated carbocycles. The van der Waals surface area contributed by atoms with E-state index >= 15 is 0 Å². The van der Waals surface area contributed by atoms with Crippen molar-refractivity contribution in [2.24, 2.45) is 0 Å². The Morgan fingerprint density at radius 2 is 2.32 bits per heavy atom. The Bertz CT molecular complexity index is 471. The fourth-order valence-electron chi connectivity index (χ4n) is 2.31. The first-order valence-electron chi connectivity index (χ1n) is 6.27. The number of aromatic nitrogens is 2. The molecule has 19 heavy (non-hydrogen) atoms. The summed E-state index contributed by atoms with van der Waals surface area (Å²) >= 11 is 0. The van der Waals surface area contributed by atoms with Crippen LogP contribution in [0.3, 0.4) is 0 Å². The summed E-state index contributed by atoms with van der Waals surface area (Å²) in [6, 6.07) is -0.473. The molecule has 7 heteroatoms. The summed E-state index contributed by atoms with van der Waals surface area (Å²) in [5, 5.41) is 3.97. The molecule has 1 aromatic rings. The van der Waals surface area contributed by atoms with Crippen LogP contribution in [-0.4, -0.2) is 46.3 Å². The van der Waals surface area contributed by atoms with E-state index in [9.17, 15) is 9.59 Å². The van der Waals surface area contributed by atoms with Crippen molar-refractivity contribution < 1.29 is 14.3 Å². The van der Waals surface area contributed by atoms with Gasteiger partial charge in [0.2, 0.25) is 5.91 Å². The third kappa shape index (κ3) is 3.04. The summed E-state index contributed by atoms with van der Waals surface area (Å²) in [4.78, 5) is 25.5. The van der Waals surface area contributed by atoms with Gasteiger partial charge in [0.15, 0.2) is 0 Å². The third-order valence-corrected chi connectivity index (χ3v) is 3.25. The number of amides is 1. The zero-order chi connectivity index (χ0) is 13.8. The monoisotopic (exact) mass is 266 g/mol. The lowest BCUT2D eigenvalue weighted by Crippen LogP contribution is -2.49. The van der Waals surface area contributed by atoms with Crippen LogP contribution in [0.25, 0.3) is 0 Å². The second-order valence-electron chi connectivity index (χ2n) is 4.59. The smallest absolute Gasteiger partial charge is 0.328 e. The molecule has 1 atom stereocenters. The third-order valence-electron chi connectivity index (χ3n) is 3.25. The maximum Gasteiger partial charge on any atom is 0.328 e. The Morgan fingerprint density at radius 3 is 2.95 bits per heavy atom. The molecular formula is C12H18N4O3. The lowest BCUT2D eigenvalue weighted by atomic mass is 10.0. The van der Waals surface area contributed by atoms with Gasteiger partial charge in [-0.3, -0.25) is 9.48 Å². The molecule has 0 spiro atoms. The van der Waals surface area contributed by atoms with E-state index in [4.69, 9.17) is 10.5 Å². The normalized spacial score (nSPS) is 19.2. The van der Waals surface area contributed by atoms with Crippen LogP contribution >= 0.6 is 0 Å². The van der Waals surface area contributed by atoms with Crippen LogP contribution in [-0.2, 0) is 20.9 Å². The average molecular weight is 266 g/mol. The number of anilines is 1. The maximum absolute atomic E-state index is 12.2. The van der Waals surface area contributed by atoms with Crippen molar-refractivity contribution in [2.75, 3.05) is 19.4 Å². The van der Waals surface area contributed by atoms with Crippen molar-refractivity contribution in [1.82, 2.24) is 14.7 Å².